The van der Waals surface area contributed by atoms with Crippen molar-refractivity contribution in [2.45, 2.75) is 38.3 Å². The van der Waals surface area contributed by atoms with Crippen LogP contribution in [-0.4, -0.2) is 36.7 Å². The predicted octanol–water partition coefficient (Wildman–Crippen LogP) is 1.62. The molecule has 5 rings (SSSR count). The van der Waals surface area contributed by atoms with Crippen LogP contribution in [0.4, 0.5) is 0 Å². The Labute approximate surface area is 157 Å². The van der Waals surface area contributed by atoms with Gasteiger partial charge in [-0.05, 0) is 44.2 Å². The zero-order chi connectivity index (χ0) is 19.0. The van der Waals surface area contributed by atoms with Crippen LogP contribution in [-0.2, 0) is 14.3 Å². The number of hydrogen-bond donors (Lipinski definition) is 2. The van der Waals surface area contributed by atoms with E-state index in [4.69, 9.17) is 9.47 Å². The topological polar surface area (TPSA) is 93.7 Å². The molecule has 1 spiro atoms. The Morgan fingerprint density at radius 2 is 2.15 bits per heavy atom. The average Bonchev–Trinajstić information content (AvgIpc) is 2.66. The van der Waals surface area contributed by atoms with Gasteiger partial charge >= 0.3 is 5.97 Å². The minimum atomic E-state index is -0.730. The summed E-state index contributed by atoms with van der Waals surface area (Å²) in [6.07, 6.45) is 3.08. The van der Waals surface area contributed by atoms with Crippen LogP contribution in [0.25, 0.3) is 0 Å². The summed E-state index contributed by atoms with van der Waals surface area (Å²) in [6, 6.07) is 7.25. The fourth-order valence-corrected chi connectivity index (χ4v) is 4.78. The van der Waals surface area contributed by atoms with Gasteiger partial charge in [0, 0.05) is 18.3 Å². The number of fused-ring (bicyclic) bond motifs is 3. The zero-order valence-corrected chi connectivity index (χ0v) is 15.3. The number of para-hydroxylation sites is 1. The van der Waals surface area contributed by atoms with Crippen LogP contribution in [0.3, 0.4) is 0 Å². The summed E-state index contributed by atoms with van der Waals surface area (Å²) in [5.74, 6) is -0.0369. The SMILES string of the molecule is CCOC(=O)CNC(=O)[C@H]1C[C@@H]2CC[C@@H]1C[C@@]21NC(=O)c2ccccc2O1. The van der Waals surface area contributed by atoms with Gasteiger partial charge in [-0.25, -0.2) is 0 Å². The Morgan fingerprint density at radius 3 is 2.89 bits per heavy atom. The Hall–Kier alpha value is -2.57. The second-order valence-corrected chi connectivity index (χ2v) is 7.55. The van der Waals surface area contributed by atoms with Gasteiger partial charge in [0.05, 0.1) is 12.2 Å². The Kier molecular flexibility index (Phi) is 4.53. The molecule has 144 valence electrons. The van der Waals surface area contributed by atoms with Gasteiger partial charge < -0.3 is 20.1 Å². The van der Waals surface area contributed by atoms with Crippen molar-refractivity contribution in [1.29, 1.82) is 0 Å². The first kappa shape index (κ1) is 17.8. The third kappa shape index (κ3) is 3.15. The molecule has 2 bridgehead atoms. The van der Waals surface area contributed by atoms with Crippen molar-refractivity contribution >= 4 is 17.8 Å². The molecule has 1 aromatic carbocycles. The Bertz CT molecular complexity index is 779. The molecule has 4 aliphatic rings. The number of ether oxygens (including phenoxy) is 2. The minimum Gasteiger partial charge on any atom is -0.467 e. The molecule has 1 heterocycles. The maximum atomic E-state index is 12.6. The van der Waals surface area contributed by atoms with Crippen molar-refractivity contribution in [2.75, 3.05) is 13.2 Å². The summed E-state index contributed by atoms with van der Waals surface area (Å²) in [6.45, 7) is 1.92. The molecule has 3 fully saturated rings. The minimum absolute atomic E-state index is 0.0677. The van der Waals surface area contributed by atoms with E-state index in [0.29, 0.717) is 30.8 Å². The van der Waals surface area contributed by atoms with Gasteiger partial charge in [-0.2, -0.15) is 0 Å². The lowest BCUT2D eigenvalue weighted by molar-refractivity contribution is -0.150. The van der Waals surface area contributed by atoms with E-state index in [1.165, 1.54) is 0 Å². The second kappa shape index (κ2) is 6.87. The molecule has 4 atom stereocenters. The summed E-state index contributed by atoms with van der Waals surface area (Å²) < 4.78 is 11.1. The van der Waals surface area contributed by atoms with Crippen LogP contribution >= 0.6 is 0 Å². The normalized spacial score (nSPS) is 30.9. The van der Waals surface area contributed by atoms with Gasteiger partial charge in [-0.3, -0.25) is 14.4 Å². The molecule has 2 N–H and O–H groups in total. The van der Waals surface area contributed by atoms with Crippen LogP contribution < -0.4 is 15.4 Å². The predicted molar refractivity (Wildman–Crippen MR) is 95.8 cm³/mol. The van der Waals surface area contributed by atoms with E-state index >= 15 is 0 Å². The summed E-state index contributed by atoms with van der Waals surface area (Å²) in [4.78, 5) is 36.6. The van der Waals surface area contributed by atoms with Gasteiger partial charge in [0.15, 0.2) is 5.72 Å². The summed E-state index contributed by atoms with van der Waals surface area (Å²) >= 11 is 0. The second-order valence-electron chi connectivity index (χ2n) is 7.55. The molecule has 1 aromatic rings. The number of rotatable bonds is 4. The number of nitrogens with one attached hydrogen (secondary N) is 2. The van der Waals surface area contributed by atoms with E-state index in [1.54, 1.807) is 13.0 Å². The van der Waals surface area contributed by atoms with Crippen LogP contribution in [0.1, 0.15) is 43.0 Å². The third-order valence-electron chi connectivity index (χ3n) is 6.02. The van der Waals surface area contributed by atoms with E-state index in [1.807, 2.05) is 18.2 Å². The number of hydrogen-bond acceptors (Lipinski definition) is 5. The maximum absolute atomic E-state index is 12.6. The molecule has 3 saturated carbocycles. The van der Waals surface area contributed by atoms with Gasteiger partial charge in [0.25, 0.3) is 5.91 Å². The van der Waals surface area contributed by atoms with E-state index in [-0.39, 0.29) is 36.1 Å². The van der Waals surface area contributed by atoms with E-state index in [2.05, 4.69) is 10.6 Å². The fourth-order valence-electron chi connectivity index (χ4n) is 4.78. The molecular weight excluding hydrogens is 348 g/mol. The largest absolute Gasteiger partial charge is 0.467 e. The van der Waals surface area contributed by atoms with Gasteiger partial charge in [0.2, 0.25) is 5.91 Å². The van der Waals surface area contributed by atoms with E-state index in [9.17, 15) is 14.4 Å². The van der Waals surface area contributed by atoms with Crippen LogP contribution in [0.2, 0.25) is 0 Å². The first-order chi connectivity index (χ1) is 13.0. The highest BCUT2D eigenvalue weighted by Crippen LogP contribution is 2.52. The van der Waals surface area contributed by atoms with E-state index in [0.717, 1.165) is 12.8 Å². The Balaban J connectivity index is 1.46. The van der Waals surface area contributed by atoms with Crippen molar-refractivity contribution in [3.63, 3.8) is 0 Å². The third-order valence-corrected chi connectivity index (χ3v) is 6.02. The van der Waals surface area contributed by atoms with Crippen LogP contribution in [0.15, 0.2) is 24.3 Å². The first-order valence-electron chi connectivity index (χ1n) is 9.56. The molecule has 3 aliphatic carbocycles. The molecular formula is C20H24N2O5. The van der Waals surface area contributed by atoms with Crippen molar-refractivity contribution in [3.05, 3.63) is 29.8 Å². The van der Waals surface area contributed by atoms with Crippen molar-refractivity contribution in [3.8, 4) is 5.75 Å². The molecule has 0 saturated heterocycles. The fraction of sp³-hybridized carbons (Fsp3) is 0.550. The smallest absolute Gasteiger partial charge is 0.325 e. The molecule has 27 heavy (non-hydrogen) atoms. The lowest BCUT2D eigenvalue weighted by Crippen LogP contribution is -2.67. The summed E-state index contributed by atoms with van der Waals surface area (Å²) in [7, 11) is 0. The Morgan fingerprint density at radius 1 is 1.33 bits per heavy atom. The molecule has 7 heteroatoms. The van der Waals surface area contributed by atoms with Crippen molar-refractivity contribution in [1.82, 2.24) is 10.6 Å². The van der Waals surface area contributed by atoms with Crippen LogP contribution in [0.5, 0.6) is 5.75 Å². The molecule has 0 aromatic heterocycles. The maximum Gasteiger partial charge on any atom is 0.325 e. The number of carbonyl (C=O) groups is 3. The first-order valence-corrected chi connectivity index (χ1v) is 9.56. The van der Waals surface area contributed by atoms with Crippen molar-refractivity contribution in [2.24, 2.45) is 17.8 Å². The quantitative estimate of drug-likeness (QED) is 0.784. The number of benzene rings is 1. The average molecular weight is 372 g/mol. The number of amides is 2. The standard InChI is InChI=1S/C20H24N2O5/c1-2-26-17(23)11-21-18(24)15-9-13-8-7-12(15)10-20(13)22-19(25)14-5-3-4-6-16(14)27-20/h3-6,12-13,15H,2,7-11H2,1H3,(H,21,24)(H,22,25)/t12-,13+,15+,20+/m1/s1. The van der Waals surface area contributed by atoms with E-state index < -0.39 is 11.7 Å². The molecule has 1 aliphatic heterocycles. The van der Waals surface area contributed by atoms with Gasteiger partial charge in [0.1, 0.15) is 12.3 Å². The lowest BCUT2D eigenvalue weighted by Gasteiger charge is -2.55. The summed E-state index contributed by atoms with van der Waals surface area (Å²) in [5.41, 5.74) is -0.181. The number of carbonyl (C=O) groups excluding carboxylic acids is 3. The van der Waals surface area contributed by atoms with Crippen LogP contribution in [0, 0.1) is 17.8 Å². The lowest BCUT2D eigenvalue weighted by atomic mass is 9.60. The highest BCUT2D eigenvalue weighted by Gasteiger charge is 2.57. The molecule has 0 unspecified atom stereocenters. The number of esters is 1. The molecule has 0 radical (unpaired) electrons. The molecule has 7 nitrogen and oxygen atoms in total. The van der Waals surface area contributed by atoms with Crippen molar-refractivity contribution < 1.29 is 23.9 Å². The highest BCUT2D eigenvalue weighted by atomic mass is 16.5. The summed E-state index contributed by atoms with van der Waals surface area (Å²) in [5, 5.41) is 5.77. The zero-order valence-electron chi connectivity index (χ0n) is 15.3. The van der Waals surface area contributed by atoms with Gasteiger partial charge in [-0.15, -0.1) is 0 Å². The monoisotopic (exact) mass is 372 g/mol. The molecule has 2 amide bonds. The van der Waals surface area contributed by atoms with Gasteiger partial charge in [-0.1, -0.05) is 12.1 Å². The highest BCUT2D eigenvalue weighted by molar-refractivity contribution is 5.98.